The number of morpholine rings is 2. The molecule has 1 atom stereocenters. The average Bonchev–Trinajstić information content (AvgIpc) is 3.24. The number of aromatic amines is 1. The van der Waals surface area contributed by atoms with Gasteiger partial charge in [-0.2, -0.15) is 5.10 Å². The standard InChI is InChI=1S/C21H27ClN4O4/c22-16-2-1-3-18(12-16)29-8-4-17-13-19(24-23-17)20-14-26(7-11-30-20)21(27)15-25-5-9-28-10-6-25/h1-3,12-13,20H,4-11,14-15H2,(H,23,24). The Hall–Kier alpha value is -2.13. The summed E-state index contributed by atoms with van der Waals surface area (Å²) in [4.78, 5) is 16.7. The van der Waals surface area contributed by atoms with Crippen LogP contribution in [-0.2, 0) is 20.7 Å². The highest BCUT2D eigenvalue weighted by Gasteiger charge is 2.28. The fourth-order valence-corrected chi connectivity index (χ4v) is 3.79. The van der Waals surface area contributed by atoms with Crippen molar-refractivity contribution in [2.45, 2.75) is 12.5 Å². The minimum atomic E-state index is -0.216. The maximum Gasteiger partial charge on any atom is 0.236 e. The summed E-state index contributed by atoms with van der Waals surface area (Å²) in [5.41, 5.74) is 1.78. The second kappa shape index (κ2) is 10.3. The van der Waals surface area contributed by atoms with Crippen molar-refractivity contribution in [3.05, 3.63) is 46.7 Å². The number of nitrogens with zero attached hydrogens (tertiary/aromatic N) is 3. The van der Waals surface area contributed by atoms with Crippen LogP contribution in [0.4, 0.5) is 0 Å². The number of benzene rings is 1. The monoisotopic (exact) mass is 434 g/mol. The summed E-state index contributed by atoms with van der Waals surface area (Å²) in [5.74, 6) is 0.878. The van der Waals surface area contributed by atoms with Gasteiger partial charge in [-0.15, -0.1) is 0 Å². The summed E-state index contributed by atoms with van der Waals surface area (Å²) < 4.78 is 17.0. The second-order valence-corrected chi connectivity index (χ2v) is 7.90. The third-order valence-corrected chi connectivity index (χ3v) is 5.53. The van der Waals surface area contributed by atoms with Gasteiger partial charge in [0.15, 0.2) is 0 Å². The van der Waals surface area contributed by atoms with Crippen molar-refractivity contribution in [2.24, 2.45) is 0 Å². The van der Waals surface area contributed by atoms with Gasteiger partial charge in [0.05, 0.1) is 45.2 Å². The first kappa shape index (κ1) is 21.1. The Morgan fingerprint density at radius 1 is 1.23 bits per heavy atom. The van der Waals surface area contributed by atoms with Crippen molar-refractivity contribution < 1.29 is 19.0 Å². The van der Waals surface area contributed by atoms with Crippen molar-refractivity contribution in [2.75, 3.05) is 59.2 Å². The average molecular weight is 435 g/mol. The molecule has 2 fully saturated rings. The summed E-state index contributed by atoms with van der Waals surface area (Å²) in [6, 6.07) is 9.33. The van der Waals surface area contributed by atoms with Crippen LogP contribution in [0.5, 0.6) is 5.75 Å². The molecule has 162 valence electrons. The lowest BCUT2D eigenvalue weighted by Crippen LogP contribution is -2.48. The van der Waals surface area contributed by atoms with E-state index in [2.05, 4.69) is 15.1 Å². The Kier molecular flexibility index (Phi) is 7.22. The molecule has 0 aliphatic carbocycles. The molecule has 2 aliphatic heterocycles. The van der Waals surface area contributed by atoms with E-state index in [0.717, 1.165) is 30.2 Å². The minimum Gasteiger partial charge on any atom is -0.493 e. The van der Waals surface area contributed by atoms with E-state index in [4.69, 9.17) is 25.8 Å². The molecule has 1 aromatic carbocycles. The smallest absolute Gasteiger partial charge is 0.236 e. The van der Waals surface area contributed by atoms with Crippen molar-refractivity contribution >= 4 is 17.5 Å². The summed E-state index contributed by atoms with van der Waals surface area (Å²) in [6.45, 7) is 5.59. The molecule has 30 heavy (non-hydrogen) atoms. The molecule has 2 saturated heterocycles. The van der Waals surface area contributed by atoms with Crippen LogP contribution in [0.2, 0.25) is 5.02 Å². The highest BCUT2D eigenvalue weighted by Crippen LogP contribution is 2.22. The van der Waals surface area contributed by atoms with E-state index in [1.807, 2.05) is 29.2 Å². The lowest BCUT2D eigenvalue weighted by molar-refractivity contribution is -0.141. The van der Waals surface area contributed by atoms with E-state index in [1.54, 1.807) is 6.07 Å². The van der Waals surface area contributed by atoms with Crippen molar-refractivity contribution in [1.82, 2.24) is 20.0 Å². The lowest BCUT2D eigenvalue weighted by Gasteiger charge is -2.34. The summed E-state index contributed by atoms with van der Waals surface area (Å²) >= 11 is 5.97. The molecule has 1 amide bonds. The topological polar surface area (TPSA) is 79.9 Å². The van der Waals surface area contributed by atoms with Crippen LogP contribution in [-0.4, -0.2) is 85.1 Å². The van der Waals surface area contributed by atoms with Gasteiger partial charge in [-0.1, -0.05) is 17.7 Å². The number of aromatic nitrogens is 2. The molecule has 8 nitrogen and oxygen atoms in total. The number of amides is 1. The summed E-state index contributed by atoms with van der Waals surface area (Å²) in [5, 5.41) is 8.10. The molecule has 1 unspecified atom stereocenters. The molecule has 0 radical (unpaired) electrons. The SMILES string of the molecule is O=C(CN1CCOCC1)N1CCOC(c2cc(CCOc3cccc(Cl)c3)[nH]n2)C1. The third kappa shape index (κ3) is 5.72. The van der Waals surface area contributed by atoms with E-state index in [0.29, 0.717) is 57.5 Å². The Bertz CT molecular complexity index is 840. The van der Waals surface area contributed by atoms with Crippen LogP contribution in [0.25, 0.3) is 0 Å². The molecule has 0 bridgehead atoms. The Labute approximate surface area is 181 Å². The Morgan fingerprint density at radius 3 is 2.93 bits per heavy atom. The van der Waals surface area contributed by atoms with E-state index in [9.17, 15) is 4.79 Å². The number of hydrogen-bond acceptors (Lipinski definition) is 6. The van der Waals surface area contributed by atoms with Crippen molar-refractivity contribution in [1.29, 1.82) is 0 Å². The quantitative estimate of drug-likeness (QED) is 0.717. The highest BCUT2D eigenvalue weighted by atomic mass is 35.5. The number of halogens is 1. The first-order chi connectivity index (χ1) is 14.7. The van der Waals surface area contributed by atoms with Crippen LogP contribution in [0.15, 0.2) is 30.3 Å². The zero-order valence-corrected chi connectivity index (χ0v) is 17.6. The molecular formula is C21H27ClN4O4. The predicted molar refractivity (Wildman–Crippen MR) is 112 cm³/mol. The van der Waals surface area contributed by atoms with Gasteiger partial charge >= 0.3 is 0 Å². The second-order valence-electron chi connectivity index (χ2n) is 7.46. The number of hydrogen-bond donors (Lipinski definition) is 1. The number of nitrogens with one attached hydrogen (secondary N) is 1. The van der Waals surface area contributed by atoms with E-state index < -0.39 is 0 Å². The normalized spacial score (nSPS) is 20.3. The van der Waals surface area contributed by atoms with Crippen LogP contribution in [0, 0.1) is 0 Å². The molecule has 1 aromatic heterocycles. The number of ether oxygens (including phenoxy) is 3. The van der Waals surface area contributed by atoms with Crippen LogP contribution in [0.3, 0.4) is 0 Å². The maximum absolute atomic E-state index is 12.7. The fraction of sp³-hybridized carbons (Fsp3) is 0.524. The van der Waals surface area contributed by atoms with Gasteiger partial charge in [0, 0.05) is 36.8 Å². The molecule has 0 saturated carbocycles. The molecule has 1 N–H and O–H groups in total. The molecule has 2 aromatic rings. The van der Waals surface area contributed by atoms with E-state index in [1.165, 1.54) is 0 Å². The first-order valence-corrected chi connectivity index (χ1v) is 10.7. The van der Waals surface area contributed by atoms with Gasteiger partial charge < -0.3 is 19.1 Å². The van der Waals surface area contributed by atoms with Gasteiger partial charge in [-0.25, -0.2) is 0 Å². The van der Waals surface area contributed by atoms with Crippen molar-refractivity contribution in [3.63, 3.8) is 0 Å². The molecule has 9 heteroatoms. The Morgan fingerprint density at radius 2 is 2.10 bits per heavy atom. The fourth-order valence-electron chi connectivity index (χ4n) is 3.61. The van der Waals surface area contributed by atoms with Crippen molar-refractivity contribution in [3.8, 4) is 5.75 Å². The minimum absolute atomic E-state index is 0.135. The van der Waals surface area contributed by atoms with Crippen LogP contribution in [0.1, 0.15) is 17.5 Å². The van der Waals surface area contributed by atoms with Crippen LogP contribution >= 0.6 is 11.6 Å². The van der Waals surface area contributed by atoms with Gasteiger partial charge in [-0.05, 0) is 24.3 Å². The number of carbonyl (C=O) groups excluding carboxylic acids is 1. The number of rotatable bonds is 7. The molecule has 0 spiro atoms. The highest BCUT2D eigenvalue weighted by molar-refractivity contribution is 6.30. The maximum atomic E-state index is 12.7. The molecule has 3 heterocycles. The third-order valence-electron chi connectivity index (χ3n) is 5.30. The van der Waals surface area contributed by atoms with Crippen LogP contribution < -0.4 is 4.74 Å². The largest absolute Gasteiger partial charge is 0.493 e. The van der Waals surface area contributed by atoms with Gasteiger partial charge in [0.2, 0.25) is 5.91 Å². The first-order valence-electron chi connectivity index (χ1n) is 10.3. The zero-order valence-electron chi connectivity index (χ0n) is 16.9. The van der Waals surface area contributed by atoms with E-state index in [-0.39, 0.29) is 12.0 Å². The molecule has 2 aliphatic rings. The Balaban J connectivity index is 1.26. The number of carbonyl (C=O) groups is 1. The van der Waals surface area contributed by atoms with Gasteiger partial charge in [-0.3, -0.25) is 14.8 Å². The molecular weight excluding hydrogens is 408 g/mol. The lowest BCUT2D eigenvalue weighted by atomic mass is 10.2. The predicted octanol–water partition coefficient (Wildman–Crippen LogP) is 1.92. The summed E-state index contributed by atoms with van der Waals surface area (Å²) in [7, 11) is 0. The zero-order chi connectivity index (χ0) is 20.8. The van der Waals surface area contributed by atoms with Gasteiger partial charge in [0.25, 0.3) is 0 Å². The van der Waals surface area contributed by atoms with E-state index >= 15 is 0 Å². The van der Waals surface area contributed by atoms with Gasteiger partial charge in [0.1, 0.15) is 11.9 Å². The number of H-pyrrole nitrogens is 1. The molecule has 4 rings (SSSR count). The summed E-state index contributed by atoms with van der Waals surface area (Å²) in [6.07, 6.45) is 0.470.